The maximum atomic E-state index is 10.7. The monoisotopic (exact) mass is 256 g/mol. The van der Waals surface area contributed by atoms with E-state index < -0.39 is 18.2 Å². The van der Waals surface area contributed by atoms with Gasteiger partial charge < -0.3 is 14.2 Å². The number of rotatable bonds is 6. The third-order valence-electron chi connectivity index (χ3n) is 1.21. The van der Waals surface area contributed by atoms with Gasteiger partial charge in [0.15, 0.2) is 6.61 Å². The van der Waals surface area contributed by atoms with E-state index >= 15 is 0 Å². The molecule has 0 rings (SSSR count). The molecule has 0 aromatic carbocycles. The lowest BCUT2D eigenvalue weighted by Gasteiger charge is -2.14. The van der Waals surface area contributed by atoms with Crippen LogP contribution in [0.2, 0.25) is 0 Å². The summed E-state index contributed by atoms with van der Waals surface area (Å²) in [6.45, 7) is 18.2. The Labute approximate surface area is 108 Å². The first-order valence-corrected chi connectivity index (χ1v) is 4.79. The summed E-state index contributed by atoms with van der Waals surface area (Å²) in [6, 6.07) is 0. The number of methoxy groups -OCH3 is 1. The highest BCUT2D eigenvalue weighted by molar-refractivity contribution is 5.82. The first kappa shape index (κ1) is 21.2. The smallest absolute Gasteiger partial charge is 0.332 e. The summed E-state index contributed by atoms with van der Waals surface area (Å²) in [5.74, 6) is -1.26. The number of ether oxygens (including phenoxy) is 3. The second-order valence-corrected chi connectivity index (χ2v) is 2.14. The highest BCUT2D eigenvalue weighted by Gasteiger charge is 2.12. The van der Waals surface area contributed by atoms with Crippen LogP contribution in [0.1, 0.15) is 0 Å². The van der Waals surface area contributed by atoms with Gasteiger partial charge >= 0.3 is 11.9 Å². The fourth-order valence-corrected chi connectivity index (χ4v) is 0.537. The fraction of sp³-hybridized carbons (Fsp3) is 0.231. The summed E-state index contributed by atoms with van der Waals surface area (Å²) in [6.07, 6.45) is 1.06. The number of carbonyl (C=O) groups excluding carboxylic acids is 2. The minimum atomic E-state index is -0.926. The standard InChI is InChI=1S/C9H12O5.2C2H4/c1-4-7(10)13-6-9(12-3)14-8(11)5-2;2*1-2/h4-5,9H,1-2,6H2,3H3;2*1-2H2. The van der Waals surface area contributed by atoms with E-state index in [1.807, 2.05) is 0 Å². The molecule has 102 valence electrons. The van der Waals surface area contributed by atoms with Crippen molar-refractivity contribution in [2.75, 3.05) is 13.7 Å². The average Bonchev–Trinajstić information content (AvgIpc) is 2.46. The molecule has 0 radical (unpaired) electrons. The zero-order chi connectivity index (χ0) is 15.0. The normalized spacial score (nSPS) is 9.17. The van der Waals surface area contributed by atoms with Crippen molar-refractivity contribution in [3.8, 4) is 0 Å². The zero-order valence-corrected chi connectivity index (χ0v) is 10.7. The van der Waals surface area contributed by atoms with Gasteiger partial charge in [0.2, 0.25) is 6.29 Å². The van der Waals surface area contributed by atoms with Gasteiger partial charge in [-0.15, -0.1) is 26.3 Å². The van der Waals surface area contributed by atoms with Crippen LogP contribution < -0.4 is 0 Å². The molecule has 18 heavy (non-hydrogen) atoms. The molecule has 0 aliphatic carbocycles. The van der Waals surface area contributed by atoms with Gasteiger partial charge in [-0.1, -0.05) is 13.2 Å². The molecule has 0 aliphatic heterocycles. The van der Waals surface area contributed by atoms with Gasteiger partial charge in [0.05, 0.1) is 0 Å². The third kappa shape index (κ3) is 13.9. The Morgan fingerprint density at radius 3 is 1.83 bits per heavy atom. The summed E-state index contributed by atoms with van der Waals surface area (Å²) in [5.41, 5.74) is 0. The van der Waals surface area contributed by atoms with Crippen LogP contribution in [0.25, 0.3) is 0 Å². The van der Waals surface area contributed by atoms with Crippen molar-refractivity contribution in [1.82, 2.24) is 0 Å². The van der Waals surface area contributed by atoms with Crippen molar-refractivity contribution in [2.45, 2.75) is 6.29 Å². The van der Waals surface area contributed by atoms with Gasteiger partial charge in [0, 0.05) is 19.3 Å². The predicted molar refractivity (Wildman–Crippen MR) is 70.8 cm³/mol. The van der Waals surface area contributed by atoms with Gasteiger partial charge in [-0.3, -0.25) is 0 Å². The maximum absolute atomic E-state index is 10.7. The van der Waals surface area contributed by atoms with Crippen LogP contribution in [0.3, 0.4) is 0 Å². The molecule has 0 heterocycles. The van der Waals surface area contributed by atoms with Crippen molar-refractivity contribution in [3.63, 3.8) is 0 Å². The Bertz CT molecular complexity index is 258. The molecule has 0 saturated carbocycles. The minimum Gasteiger partial charge on any atom is -0.456 e. The van der Waals surface area contributed by atoms with E-state index in [4.69, 9.17) is 4.74 Å². The molecule has 0 fully saturated rings. The maximum Gasteiger partial charge on any atom is 0.332 e. The van der Waals surface area contributed by atoms with E-state index in [-0.39, 0.29) is 6.61 Å². The molecule has 0 amide bonds. The molecule has 0 aromatic rings. The Hall–Kier alpha value is -2.14. The lowest BCUT2D eigenvalue weighted by molar-refractivity contribution is -0.182. The molecule has 1 unspecified atom stereocenters. The average molecular weight is 256 g/mol. The number of hydrogen-bond acceptors (Lipinski definition) is 5. The van der Waals surface area contributed by atoms with E-state index in [0.717, 1.165) is 12.2 Å². The number of carbonyl (C=O) groups is 2. The molecule has 0 saturated heterocycles. The third-order valence-corrected chi connectivity index (χ3v) is 1.21. The summed E-state index contributed by atoms with van der Waals surface area (Å²) in [5, 5.41) is 0. The first-order chi connectivity index (χ1) is 8.63. The van der Waals surface area contributed by atoms with Gasteiger partial charge in [0.25, 0.3) is 0 Å². The Morgan fingerprint density at radius 1 is 1.06 bits per heavy atom. The molecule has 0 aliphatic rings. The fourth-order valence-electron chi connectivity index (χ4n) is 0.537. The zero-order valence-electron chi connectivity index (χ0n) is 10.7. The second kappa shape index (κ2) is 17.3. The van der Waals surface area contributed by atoms with Crippen molar-refractivity contribution in [3.05, 3.63) is 51.6 Å². The molecule has 0 spiro atoms. The number of esters is 2. The Kier molecular flexibility index (Phi) is 20.3. The van der Waals surface area contributed by atoms with Crippen molar-refractivity contribution in [2.24, 2.45) is 0 Å². The second-order valence-electron chi connectivity index (χ2n) is 2.14. The molecule has 0 N–H and O–H groups in total. The molecule has 5 heteroatoms. The highest BCUT2D eigenvalue weighted by Crippen LogP contribution is 1.96. The van der Waals surface area contributed by atoms with Crippen LogP contribution in [0, 0.1) is 0 Å². The van der Waals surface area contributed by atoms with Crippen LogP contribution in [0.5, 0.6) is 0 Å². The Balaban J connectivity index is -0.000000506. The number of hydrogen-bond donors (Lipinski definition) is 0. The summed E-state index contributed by atoms with van der Waals surface area (Å²) in [7, 11) is 1.32. The van der Waals surface area contributed by atoms with E-state index in [0.29, 0.717) is 0 Å². The van der Waals surface area contributed by atoms with Crippen molar-refractivity contribution >= 4 is 11.9 Å². The molecule has 1 atom stereocenters. The lowest BCUT2D eigenvalue weighted by Crippen LogP contribution is -2.25. The van der Waals surface area contributed by atoms with Crippen LogP contribution in [-0.4, -0.2) is 31.9 Å². The molecule has 0 bridgehead atoms. The molecule has 0 aromatic heterocycles. The molecule has 5 nitrogen and oxygen atoms in total. The summed E-state index contributed by atoms with van der Waals surface area (Å²) < 4.78 is 14.0. The molecular formula is C13H20O5. The largest absolute Gasteiger partial charge is 0.456 e. The van der Waals surface area contributed by atoms with Crippen LogP contribution >= 0.6 is 0 Å². The Morgan fingerprint density at radius 2 is 1.50 bits per heavy atom. The van der Waals surface area contributed by atoms with Gasteiger partial charge in [-0.05, 0) is 0 Å². The quantitative estimate of drug-likeness (QED) is 0.315. The van der Waals surface area contributed by atoms with Gasteiger partial charge in [-0.25, -0.2) is 9.59 Å². The first-order valence-electron chi connectivity index (χ1n) is 4.79. The van der Waals surface area contributed by atoms with E-state index in [1.54, 1.807) is 0 Å². The minimum absolute atomic E-state index is 0.180. The molecular weight excluding hydrogens is 236 g/mol. The SMILES string of the molecule is C=C.C=C.C=CC(=O)OCC(OC)OC(=O)C=C. The van der Waals surface area contributed by atoms with Gasteiger partial charge in [-0.2, -0.15) is 0 Å². The van der Waals surface area contributed by atoms with Crippen LogP contribution in [0.4, 0.5) is 0 Å². The predicted octanol–water partition coefficient (Wildman–Crippen LogP) is 2.02. The van der Waals surface area contributed by atoms with Crippen molar-refractivity contribution < 1.29 is 23.8 Å². The van der Waals surface area contributed by atoms with E-state index in [1.165, 1.54) is 7.11 Å². The van der Waals surface area contributed by atoms with Crippen LogP contribution in [-0.2, 0) is 23.8 Å². The summed E-state index contributed by atoms with van der Waals surface area (Å²) >= 11 is 0. The van der Waals surface area contributed by atoms with Gasteiger partial charge in [0.1, 0.15) is 0 Å². The van der Waals surface area contributed by atoms with Crippen LogP contribution in [0.15, 0.2) is 51.6 Å². The highest BCUT2D eigenvalue weighted by atomic mass is 16.7. The topological polar surface area (TPSA) is 61.8 Å². The van der Waals surface area contributed by atoms with E-state index in [2.05, 4.69) is 48.9 Å². The summed E-state index contributed by atoms with van der Waals surface area (Å²) in [4.78, 5) is 21.3. The van der Waals surface area contributed by atoms with Crippen molar-refractivity contribution in [1.29, 1.82) is 0 Å². The van der Waals surface area contributed by atoms with E-state index in [9.17, 15) is 9.59 Å². The lowest BCUT2D eigenvalue weighted by atomic mass is 10.6.